The van der Waals surface area contributed by atoms with E-state index >= 15 is 0 Å². The summed E-state index contributed by atoms with van der Waals surface area (Å²) in [5.74, 6) is -6.81. The van der Waals surface area contributed by atoms with Gasteiger partial charge in [-0.05, 0) is 60.2 Å². The topological polar surface area (TPSA) is 104 Å². The van der Waals surface area contributed by atoms with Gasteiger partial charge in [-0.15, -0.1) is 0 Å². The van der Waals surface area contributed by atoms with Gasteiger partial charge in [-0.1, -0.05) is 31.2 Å². The van der Waals surface area contributed by atoms with Crippen LogP contribution in [-0.4, -0.2) is 29.6 Å². The van der Waals surface area contributed by atoms with Crippen LogP contribution in [0, 0.1) is 35.1 Å². The van der Waals surface area contributed by atoms with E-state index in [2.05, 4.69) is 10.6 Å². The summed E-state index contributed by atoms with van der Waals surface area (Å²) in [5, 5.41) is 16.6. The number of anilines is 1. The predicted molar refractivity (Wildman–Crippen MR) is 144 cm³/mol. The molecule has 214 valence electrons. The molecule has 0 aromatic heterocycles. The molecule has 6 nitrogen and oxygen atoms in total. The standard InChI is InChI=1S/C30H33F4N3O3/c1-2-18-4-3-5-19(10-18)16-36-17-28(38)25(13-20-11-22(32)14-23(33)12-20)24(30(35)40)7-9-29(39)37-27-8-6-21(31)15-26(27)34/h3-6,8,10-12,14-15,24-25,28,36,38H,2,7,9,13,16-17H2,1H3,(H2,35,40)(H,37,39)/t24?,25-,28-/m0/s1. The molecule has 10 heteroatoms. The lowest BCUT2D eigenvalue weighted by molar-refractivity contribution is -0.126. The zero-order valence-electron chi connectivity index (χ0n) is 22.1. The van der Waals surface area contributed by atoms with Crippen molar-refractivity contribution in [1.29, 1.82) is 0 Å². The summed E-state index contributed by atoms with van der Waals surface area (Å²) in [5.41, 5.74) is 7.79. The van der Waals surface area contributed by atoms with Crippen LogP contribution in [0.2, 0.25) is 0 Å². The SMILES string of the molecule is CCc1cccc(CNC[C@H](O)[C@@H](Cc2cc(F)cc(F)c2)C(CCC(=O)Nc2ccc(F)cc2F)C(N)=O)c1. The van der Waals surface area contributed by atoms with Crippen molar-refractivity contribution in [2.24, 2.45) is 17.6 Å². The van der Waals surface area contributed by atoms with Crippen LogP contribution in [0.1, 0.15) is 36.5 Å². The number of rotatable bonds is 14. The lowest BCUT2D eigenvalue weighted by atomic mass is 9.79. The lowest BCUT2D eigenvalue weighted by Crippen LogP contribution is -2.42. The van der Waals surface area contributed by atoms with Crippen molar-refractivity contribution in [2.45, 2.75) is 45.3 Å². The van der Waals surface area contributed by atoms with E-state index in [0.717, 1.165) is 41.8 Å². The summed E-state index contributed by atoms with van der Waals surface area (Å²) in [6.45, 7) is 2.51. The minimum atomic E-state index is -1.17. The number of aliphatic hydroxyl groups is 1. The first-order valence-electron chi connectivity index (χ1n) is 13.0. The summed E-state index contributed by atoms with van der Waals surface area (Å²) in [7, 11) is 0. The summed E-state index contributed by atoms with van der Waals surface area (Å²) in [4.78, 5) is 25.0. The summed E-state index contributed by atoms with van der Waals surface area (Å²) >= 11 is 0. The van der Waals surface area contributed by atoms with Gasteiger partial charge in [-0.2, -0.15) is 0 Å². The smallest absolute Gasteiger partial charge is 0.224 e. The Morgan fingerprint density at radius 1 is 0.900 bits per heavy atom. The van der Waals surface area contributed by atoms with Crippen molar-refractivity contribution in [3.05, 3.63) is 101 Å². The highest BCUT2D eigenvalue weighted by Gasteiger charge is 2.33. The highest BCUT2D eigenvalue weighted by molar-refractivity contribution is 5.91. The van der Waals surface area contributed by atoms with Gasteiger partial charge in [0.1, 0.15) is 23.3 Å². The molecule has 1 unspecified atom stereocenters. The number of hydrogen-bond donors (Lipinski definition) is 4. The number of nitrogens with two attached hydrogens (primary N) is 1. The Labute approximate surface area is 230 Å². The molecule has 3 rings (SSSR count). The molecule has 0 saturated heterocycles. The van der Waals surface area contributed by atoms with Gasteiger partial charge < -0.3 is 21.5 Å². The molecule has 5 N–H and O–H groups in total. The molecule has 3 aromatic rings. The lowest BCUT2D eigenvalue weighted by Gasteiger charge is -2.30. The molecule has 0 heterocycles. The van der Waals surface area contributed by atoms with E-state index in [9.17, 15) is 32.3 Å². The molecule has 0 aliphatic rings. The van der Waals surface area contributed by atoms with Crippen molar-refractivity contribution >= 4 is 17.5 Å². The largest absolute Gasteiger partial charge is 0.391 e. The predicted octanol–water partition coefficient (Wildman–Crippen LogP) is 4.64. The second-order valence-corrected chi connectivity index (χ2v) is 9.74. The van der Waals surface area contributed by atoms with E-state index < -0.39 is 53.0 Å². The van der Waals surface area contributed by atoms with E-state index in [-0.39, 0.29) is 37.1 Å². The minimum Gasteiger partial charge on any atom is -0.391 e. The fourth-order valence-electron chi connectivity index (χ4n) is 4.68. The maximum atomic E-state index is 13.9. The van der Waals surface area contributed by atoms with Gasteiger partial charge in [0.05, 0.1) is 11.8 Å². The van der Waals surface area contributed by atoms with Gasteiger partial charge in [0, 0.05) is 43.5 Å². The van der Waals surface area contributed by atoms with Gasteiger partial charge in [0.15, 0.2) is 0 Å². The number of aliphatic hydroxyl groups excluding tert-OH is 1. The van der Waals surface area contributed by atoms with Crippen LogP contribution in [0.15, 0.2) is 60.7 Å². The van der Waals surface area contributed by atoms with Crippen molar-refractivity contribution in [3.8, 4) is 0 Å². The first-order valence-corrected chi connectivity index (χ1v) is 13.0. The summed E-state index contributed by atoms with van der Waals surface area (Å²) < 4.78 is 54.9. The van der Waals surface area contributed by atoms with Crippen molar-refractivity contribution in [1.82, 2.24) is 5.32 Å². The number of primary amides is 1. The third-order valence-electron chi connectivity index (χ3n) is 6.74. The number of halogens is 4. The first-order chi connectivity index (χ1) is 19.0. The van der Waals surface area contributed by atoms with Crippen LogP contribution in [0.3, 0.4) is 0 Å². The number of carbonyl (C=O) groups excluding carboxylic acids is 2. The summed E-state index contributed by atoms with van der Waals surface area (Å²) in [6, 6.07) is 13.5. The van der Waals surface area contributed by atoms with Gasteiger partial charge in [-0.3, -0.25) is 9.59 Å². The van der Waals surface area contributed by atoms with Crippen LogP contribution in [-0.2, 0) is 29.0 Å². The van der Waals surface area contributed by atoms with Crippen molar-refractivity contribution < 1.29 is 32.3 Å². The fraction of sp³-hybridized carbons (Fsp3) is 0.333. The molecule has 2 amide bonds. The molecule has 0 aliphatic heterocycles. The average Bonchev–Trinajstić information content (AvgIpc) is 2.89. The Bertz CT molecular complexity index is 1300. The molecule has 3 atom stereocenters. The monoisotopic (exact) mass is 559 g/mol. The third kappa shape index (κ3) is 9.17. The molecule has 0 spiro atoms. The molecule has 0 bridgehead atoms. The van der Waals surface area contributed by atoms with Crippen LogP contribution in [0.25, 0.3) is 0 Å². The molecule has 3 aromatic carbocycles. The Kier molecular flexibility index (Phi) is 11.2. The van der Waals surface area contributed by atoms with E-state index in [4.69, 9.17) is 5.73 Å². The first kappa shape index (κ1) is 30.8. The Hall–Kier alpha value is -3.76. The molecule has 0 radical (unpaired) electrons. The molecular weight excluding hydrogens is 526 g/mol. The molecule has 40 heavy (non-hydrogen) atoms. The Morgan fingerprint density at radius 3 is 2.25 bits per heavy atom. The molecule has 0 aliphatic carbocycles. The highest BCUT2D eigenvalue weighted by atomic mass is 19.1. The van der Waals surface area contributed by atoms with E-state index in [1.165, 1.54) is 0 Å². The van der Waals surface area contributed by atoms with Gasteiger partial charge in [0.2, 0.25) is 11.8 Å². The number of benzene rings is 3. The number of aryl methyl sites for hydroxylation is 1. The van der Waals surface area contributed by atoms with Crippen LogP contribution < -0.4 is 16.4 Å². The van der Waals surface area contributed by atoms with E-state index in [0.29, 0.717) is 18.7 Å². The Morgan fingerprint density at radius 2 is 1.60 bits per heavy atom. The quantitative estimate of drug-likeness (QED) is 0.216. The van der Waals surface area contributed by atoms with Crippen LogP contribution in [0.4, 0.5) is 23.2 Å². The second kappa shape index (κ2) is 14.6. The normalized spacial score (nSPS) is 13.4. The highest BCUT2D eigenvalue weighted by Crippen LogP contribution is 2.27. The maximum absolute atomic E-state index is 13.9. The molecule has 0 fully saturated rings. The van der Waals surface area contributed by atoms with E-state index in [1.807, 2.05) is 31.2 Å². The summed E-state index contributed by atoms with van der Waals surface area (Å²) in [6.07, 6.45) is -0.796. The zero-order chi connectivity index (χ0) is 29.2. The average molecular weight is 560 g/mol. The van der Waals surface area contributed by atoms with Crippen molar-refractivity contribution in [3.63, 3.8) is 0 Å². The maximum Gasteiger partial charge on any atom is 0.224 e. The molecular formula is C30H33F4N3O3. The van der Waals surface area contributed by atoms with E-state index in [1.54, 1.807) is 0 Å². The molecule has 0 saturated carbocycles. The van der Waals surface area contributed by atoms with Crippen LogP contribution >= 0.6 is 0 Å². The fourth-order valence-corrected chi connectivity index (χ4v) is 4.68. The van der Waals surface area contributed by atoms with Gasteiger partial charge in [0.25, 0.3) is 0 Å². The third-order valence-corrected chi connectivity index (χ3v) is 6.74. The second-order valence-electron chi connectivity index (χ2n) is 9.74. The van der Waals surface area contributed by atoms with Gasteiger partial charge >= 0.3 is 0 Å². The number of nitrogens with one attached hydrogen (secondary N) is 2. The Balaban J connectivity index is 1.74. The number of amides is 2. The van der Waals surface area contributed by atoms with Gasteiger partial charge in [-0.25, -0.2) is 17.6 Å². The number of carbonyl (C=O) groups is 2. The minimum absolute atomic E-state index is 0.0373. The number of hydrogen-bond acceptors (Lipinski definition) is 4. The van der Waals surface area contributed by atoms with Crippen LogP contribution in [0.5, 0.6) is 0 Å². The zero-order valence-corrected chi connectivity index (χ0v) is 22.1. The van der Waals surface area contributed by atoms with Crippen molar-refractivity contribution in [2.75, 3.05) is 11.9 Å².